The van der Waals surface area contributed by atoms with Crippen LogP contribution in [0.4, 0.5) is 0 Å². The Kier molecular flexibility index (Phi) is 4.99. The minimum absolute atomic E-state index is 0.139. The Balaban J connectivity index is 1.58. The largest absolute Gasteiger partial charge is 0.361 e. The molecule has 2 heterocycles. The van der Waals surface area contributed by atoms with Gasteiger partial charge in [0.15, 0.2) is 0 Å². The quantitative estimate of drug-likeness (QED) is 0.738. The highest BCUT2D eigenvalue weighted by molar-refractivity contribution is 5.98. The van der Waals surface area contributed by atoms with Crippen molar-refractivity contribution >= 4 is 16.8 Å². The number of benzene rings is 2. The van der Waals surface area contributed by atoms with E-state index >= 15 is 0 Å². The molecule has 0 spiro atoms. The molecule has 4 nitrogen and oxygen atoms in total. The van der Waals surface area contributed by atoms with Crippen molar-refractivity contribution in [2.45, 2.75) is 31.8 Å². The molecule has 4 rings (SSSR count). The predicted molar refractivity (Wildman–Crippen MR) is 110 cm³/mol. The zero-order valence-corrected chi connectivity index (χ0v) is 16.1. The van der Waals surface area contributed by atoms with Crippen molar-refractivity contribution in [2.75, 3.05) is 20.6 Å². The highest BCUT2D eigenvalue weighted by Crippen LogP contribution is 2.32. The number of hydrogen-bond acceptors (Lipinski definition) is 2. The highest BCUT2D eigenvalue weighted by Gasteiger charge is 2.28. The lowest BCUT2D eigenvalue weighted by atomic mass is 9.93. The van der Waals surface area contributed by atoms with Crippen LogP contribution in [0.5, 0.6) is 0 Å². The topological polar surface area (TPSA) is 39.3 Å². The van der Waals surface area contributed by atoms with E-state index in [-0.39, 0.29) is 11.9 Å². The third kappa shape index (κ3) is 3.76. The Hall–Kier alpha value is -2.59. The van der Waals surface area contributed by atoms with Gasteiger partial charge in [0, 0.05) is 35.8 Å². The maximum Gasteiger partial charge on any atom is 0.254 e. The molecule has 27 heavy (non-hydrogen) atoms. The first-order chi connectivity index (χ1) is 13.1. The second-order valence-electron chi connectivity index (χ2n) is 7.77. The van der Waals surface area contributed by atoms with Gasteiger partial charge in [-0.2, -0.15) is 0 Å². The van der Waals surface area contributed by atoms with E-state index in [1.807, 2.05) is 30.5 Å². The summed E-state index contributed by atoms with van der Waals surface area (Å²) in [7, 11) is 4.16. The molecule has 0 unspecified atom stereocenters. The molecule has 3 aromatic rings. The first kappa shape index (κ1) is 17.8. The second kappa shape index (κ2) is 7.57. The fourth-order valence-electron chi connectivity index (χ4n) is 4.08. The molecule has 2 aromatic carbocycles. The third-order valence-corrected chi connectivity index (χ3v) is 5.43. The molecule has 1 aliphatic heterocycles. The number of aromatic nitrogens is 1. The number of carbonyl (C=O) groups is 1. The van der Waals surface area contributed by atoms with Crippen LogP contribution in [-0.4, -0.2) is 41.3 Å². The number of piperidine rings is 1. The highest BCUT2D eigenvalue weighted by atomic mass is 16.2. The molecular formula is C23H27N3O. The lowest BCUT2D eigenvalue weighted by molar-refractivity contribution is 0.0611. The normalized spacial score (nSPS) is 17.6. The molecule has 1 aromatic heterocycles. The molecule has 0 radical (unpaired) electrons. The van der Waals surface area contributed by atoms with Gasteiger partial charge >= 0.3 is 0 Å². The number of H-pyrrole nitrogens is 1. The summed E-state index contributed by atoms with van der Waals surface area (Å²) < 4.78 is 0. The van der Waals surface area contributed by atoms with Gasteiger partial charge in [-0.1, -0.05) is 24.3 Å². The summed E-state index contributed by atoms with van der Waals surface area (Å²) in [6.45, 7) is 1.76. The van der Waals surface area contributed by atoms with Crippen LogP contribution in [-0.2, 0) is 6.54 Å². The average molecular weight is 361 g/mol. The van der Waals surface area contributed by atoms with E-state index in [1.54, 1.807) is 0 Å². The maximum atomic E-state index is 13.3. The molecule has 1 atom stereocenters. The van der Waals surface area contributed by atoms with Gasteiger partial charge in [0.2, 0.25) is 0 Å². The zero-order valence-electron chi connectivity index (χ0n) is 16.1. The van der Waals surface area contributed by atoms with E-state index in [4.69, 9.17) is 0 Å². The van der Waals surface area contributed by atoms with Crippen LogP contribution in [0.2, 0.25) is 0 Å². The van der Waals surface area contributed by atoms with Crippen LogP contribution in [0.25, 0.3) is 10.9 Å². The van der Waals surface area contributed by atoms with Gasteiger partial charge < -0.3 is 14.8 Å². The van der Waals surface area contributed by atoms with Crippen LogP contribution >= 0.6 is 0 Å². The molecule has 1 aliphatic rings. The third-order valence-electron chi connectivity index (χ3n) is 5.43. The van der Waals surface area contributed by atoms with Crippen LogP contribution in [0.15, 0.2) is 54.7 Å². The Morgan fingerprint density at radius 3 is 2.70 bits per heavy atom. The monoisotopic (exact) mass is 361 g/mol. The van der Waals surface area contributed by atoms with Gasteiger partial charge in [-0.05, 0) is 68.8 Å². The van der Waals surface area contributed by atoms with E-state index in [0.717, 1.165) is 42.4 Å². The van der Waals surface area contributed by atoms with Crippen molar-refractivity contribution in [3.63, 3.8) is 0 Å². The predicted octanol–water partition coefficient (Wildman–Crippen LogP) is 4.60. The lowest BCUT2D eigenvalue weighted by Crippen LogP contribution is -2.38. The number of nitrogens with zero attached hydrogens (tertiary/aromatic N) is 2. The van der Waals surface area contributed by atoms with E-state index < -0.39 is 0 Å². The van der Waals surface area contributed by atoms with Crippen LogP contribution in [0.1, 0.15) is 46.8 Å². The summed E-state index contributed by atoms with van der Waals surface area (Å²) in [5, 5.41) is 1.09. The fourth-order valence-corrected chi connectivity index (χ4v) is 4.08. The first-order valence-electron chi connectivity index (χ1n) is 9.73. The number of fused-ring (bicyclic) bond motifs is 1. The van der Waals surface area contributed by atoms with Crippen LogP contribution in [0, 0.1) is 0 Å². The van der Waals surface area contributed by atoms with E-state index in [1.165, 1.54) is 17.5 Å². The minimum Gasteiger partial charge on any atom is -0.361 e. The van der Waals surface area contributed by atoms with Gasteiger partial charge in [0.1, 0.15) is 0 Å². The number of likely N-dealkylation sites (tertiary alicyclic amines) is 1. The Bertz CT molecular complexity index is 926. The van der Waals surface area contributed by atoms with Crippen molar-refractivity contribution < 1.29 is 4.79 Å². The number of aromatic amines is 1. The Morgan fingerprint density at radius 1 is 1.11 bits per heavy atom. The van der Waals surface area contributed by atoms with E-state index in [9.17, 15) is 4.79 Å². The van der Waals surface area contributed by atoms with Crippen LogP contribution < -0.4 is 0 Å². The number of amides is 1. The zero-order chi connectivity index (χ0) is 18.8. The van der Waals surface area contributed by atoms with Gasteiger partial charge in [0.05, 0.1) is 6.04 Å². The van der Waals surface area contributed by atoms with Gasteiger partial charge in [-0.15, -0.1) is 0 Å². The summed E-state index contributed by atoms with van der Waals surface area (Å²) in [6.07, 6.45) is 5.20. The first-order valence-corrected chi connectivity index (χ1v) is 9.73. The number of hydrogen-bond donors (Lipinski definition) is 1. The lowest BCUT2D eigenvalue weighted by Gasteiger charge is -2.36. The van der Waals surface area contributed by atoms with Gasteiger partial charge in [-0.25, -0.2) is 0 Å². The summed E-state index contributed by atoms with van der Waals surface area (Å²) in [4.78, 5) is 20.7. The summed E-state index contributed by atoms with van der Waals surface area (Å²) in [5.41, 5.74) is 4.39. The second-order valence-corrected chi connectivity index (χ2v) is 7.77. The van der Waals surface area contributed by atoms with Gasteiger partial charge in [-0.3, -0.25) is 4.79 Å². The molecule has 1 fully saturated rings. The smallest absolute Gasteiger partial charge is 0.254 e. The minimum atomic E-state index is 0.139. The van der Waals surface area contributed by atoms with E-state index in [0.29, 0.717) is 0 Å². The SMILES string of the molecule is CN(C)Cc1ccc([C@H]2CCCCN2C(=O)c2ccc3[nH]ccc3c2)cc1. The van der Waals surface area contributed by atoms with Crippen molar-refractivity contribution in [1.82, 2.24) is 14.8 Å². The number of rotatable bonds is 4. The molecule has 0 bridgehead atoms. The van der Waals surface area contributed by atoms with Crippen molar-refractivity contribution in [1.29, 1.82) is 0 Å². The molecule has 0 saturated carbocycles. The maximum absolute atomic E-state index is 13.3. The number of nitrogens with one attached hydrogen (secondary N) is 1. The molecule has 1 N–H and O–H groups in total. The molecule has 0 aliphatic carbocycles. The molecule has 140 valence electrons. The standard InChI is InChI=1S/C23H27N3O/c1-25(2)16-17-6-8-18(9-7-17)22-5-3-4-14-26(22)23(27)20-10-11-21-19(15-20)12-13-24-21/h6-13,15,22,24H,3-5,14,16H2,1-2H3/t22-/m1/s1. The molecule has 1 saturated heterocycles. The summed E-state index contributed by atoms with van der Waals surface area (Å²) in [5.74, 6) is 0.139. The molecule has 1 amide bonds. The van der Waals surface area contributed by atoms with Crippen molar-refractivity contribution in [2.24, 2.45) is 0 Å². The molecular weight excluding hydrogens is 334 g/mol. The van der Waals surface area contributed by atoms with Crippen LogP contribution in [0.3, 0.4) is 0 Å². The summed E-state index contributed by atoms with van der Waals surface area (Å²) in [6, 6.07) is 16.9. The average Bonchev–Trinajstić information content (AvgIpc) is 3.15. The molecule has 4 heteroatoms. The van der Waals surface area contributed by atoms with Gasteiger partial charge in [0.25, 0.3) is 5.91 Å². The van der Waals surface area contributed by atoms with Crippen molar-refractivity contribution in [3.05, 3.63) is 71.4 Å². The Morgan fingerprint density at radius 2 is 1.93 bits per heavy atom. The Labute approximate surface area is 160 Å². The van der Waals surface area contributed by atoms with Crippen molar-refractivity contribution in [3.8, 4) is 0 Å². The number of carbonyl (C=O) groups excluding carboxylic acids is 1. The fraction of sp³-hybridized carbons (Fsp3) is 0.348. The van der Waals surface area contributed by atoms with E-state index in [2.05, 4.69) is 53.1 Å². The summed E-state index contributed by atoms with van der Waals surface area (Å²) >= 11 is 0.